The zero-order valence-electron chi connectivity index (χ0n) is 19.2. The van der Waals surface area contributed by atoms with Crippen molar-refractivity contribution in [2.45, 2.75) is 26.2 Å². The Kier molecular flexibility index (Phi) is 7.77. The zero-order chi connectivity index (χ0) is 24.0. The lowest BCUT2D eigenvalue weighted by Crippen LogP contribution is -2.25. The third-order valence-corrected chi connectivity index (χ3v) is 5.47. The average Bonchev–Trinajstić information content (AvgIpc) is 2.86. The molecule has 1 heterocycles. The van der Waals surface area contributed by atoms with Crippen LogP contribution in [-0.4, -0.2) is 37.9 Å². The van der Waals surface area contributed by atoms with Gasteiger partial charge in [0.25, 0.3) is 0 Å². The number of aryl methyl sites for hydroxylation is 1. The van der Waals surface area contributed by atoms with E-state index in [2.05, 4.69) is 4.98 Å². The summed E-state index contributed by atoms with van der Waals surface area (Å²) >= 11 is 0. The number of nitrogens with zero attached hydrogens (tertiary/aromatic N) is 2. The largest absolute Gasteiger partial charge is 0.496 e. The number of rotatable bonds is 9. The van der Waals surface area contributed by atoms with Gasteiger partial charge in [-0.05, 0) is 47.4 Å². The fourth-order valence-corrected chi connectivity index (χ4v) is 3.50. The van der Waals surface area contributed by atoms with E-state index in [9.17, 15) is 14.0 Å². The zero-order valence-corrected chi connectivity index (χ0v) is 19.2. The summed E-state index contributed by atoms with van der Waals surface area (Å²) in [5.74, 6) is 0.222. The predicted octanol–water partition coefficient (Wildman–Crippen LogP) is 5.09. The van der Waals surface area contributed by atoms with E-state index in [-0.39, 0.29) is 17.4 Å². The maximum Gasteiger partial charge on any atom is 0.226 e. The summed E-state index contributed by atoms with van der Waals surface area (Å²) in [6.45, 7) is 1.73. The number of pyridine rings is 1. The number of carbonyl (C=O) groups excluding carboxylic acids is 2. The molecule has 0 radical (unpaired) electrons. The molecule has 0 aliphatic rings. The van der Waals surface area contributed by atoms with E-state index in [4.69, 9.17) is 9.47 Å². The van der Waals surface area contributed by atoms with Crippen molar-refractivity contribution in [2.75, 3.05) is 26.2 Å². The number of benzene rings is 2. The second kappa shape index (κ2) is 10.7. The van der Waals surface area contributed by atoms with Crippen LogP contribution < -0.4 is 14.4 Å². The van der Waals surface area contributed by atoms with Gasteiger partial charge >= 0.3 is 0 Å². The molecule has 7 heteroatoms. The topological polar surface area (TPSA) is 68.7 Å². The highest BCUT2D eigenvalue weighted by Gasteiger charge is 2.17. The Morgan fingerprint density at radius 2 is 1.73 bits per heavy atom. The number of methoxy groups -OCH3 is 2. The molecule has 3 rings (SSSR count). The lowest BCUT2D eigenvalue weighted by molar-refractivity contribution is -0.118. The third-order valence-electron chi connectivity index (χ3n) is 5.47. The highest BCUT2D eigenvalue weighted by atomic mass is 19.1. The summed E-state index contributed by atoms with van der Waals surface area (Å²) in [5.41, 5.74) is 2.94. The minimum atomic E-state index is -0.496. The first kappa shape index (κ1) is 23.9. The first-order chi connectivity index (χ1) is 15.9. The Labute approximate surface area is 193 Å². The summed E-state index contributed by atoms with van der Waals surface area (Å²) in [5, 5.41) is 0. The number of carbonyl (C=O) groups is 2. The van der Waals surface area contributed by atoms with Crippen molar-refractivity contribution in [1.82, 2.24) is 4.98 Å². The summed E-state index contributed by atoms with van der Waals surface area (Å²) in [4.78, 5) is 30.2. The molecular weight excluding hydrogens is 423 g/mol. The number of anilines is 1. The SMILES string of the molecule is CCC(=O)N(C)c1ccc(-c2ccc(C(=O)CCc3ccc(OC)nc3)c(OC)c2)cc1F. The molecule has 33 heavy (non-hydrogen) atoms. The molecule has 3 aromatic rings. The Hall–Kier alpha value is -3.74. The minimum Gasteiger partial charge on any atom is -0.496 e. The number of aromatic nitrogens is 1. The van der Waals surface area contributed by atoms with Gasteiger partial charge < -0.3 is 14.4 Å². The Balaban J connectivity index is 1.78. The van der Waals surface area contributed by atoms with Crippen LogP contribution in [0.25, 0.3) is 11.1 Å². The van der Waals surface area contributed by atoms with Crippen molar-refractivity contribution in [3.8, 4) is 22.8 Å². The van der Waals surface area contributed by atoms with E-state index in [1.165, 1.54) is 18.1 Å². The Morgan fingerprint density at radius 1 is 1.00 bits per heavy atom. The quantitative estimate of drug-likeness (QED) is 0.425. The predicted molar refractivity (Wildman–Crippen MR) is 126 cm³/mol. The molecule has 0 saturated heterocycles. The maximum atomic E-state index is 14.7. The molecule has 0 unspecified atom stereocenters. The summed E-state index contributed by atoms with van der Waals surface area (Å²) in [6, 6.07) is 13.5. The molecule has 2 aromatic carbocycles. The van der Waals surface area contributed by atoms with E-state index in [1.807, 2.05) is 6.07 Å². The molecule has 6 nitrogen and oxygen atoms in total. The highest BCUT2D eigenvalue weighted by molar-refractivity contribution is 5.99. The van der Waals surface area contributed by atoms with Crippen molar-refractivity contribution in [3.05, 3.63) is 71.7 Å². The molecule has 172 valence electrons. The van der Waals surface area contributed by atoms with E-state index in [0.717, 1.165) is 5.56 Å². The minimum absolute atomic E-state index is 0.0598. The number of halogens is 1. The standard InChI is InChI=1S/C26H27FN2O4/c1-5-26(31)29(2)22-11-9-18(14-21(22)27)19-8-10-20(24(15-19)32-3)23(30)12-6-17-7-13-25(33-4)28-16-17/h7-11,13-16H,5-6,12H2,1-4H3. The number of hydrogen-bond donors (Lipinski definition) is 0. The number of ether oxygens (including phenoxy) is 2. The first-order valence-corrected chi connectivity index (χ1v) is 10.6. The van der Waals surface area contributed by atoms with Crippen LogP contribution in [0, 0.1) is 5.82 Å². The van der Waals surface area contributed by atoms with Crippen LogP contribution in [0.15, 0.2) is 54.7 Å². The van der Waals surface area contributed by atoms with E-state index in [1.54, 1.807) is 63.7 Å². The first-order valence-electron chi connectivity index (χ1n) is 10.6. The van der Waals surface area contributed by atoms with Gasteiger partial charge in [0.05, 0.1) is 25.5 Å². The van der Waals surface area contributed by atoms with Crippen molar-refractivity contribution < 1.29 is 23.5 Å². The van der Waals surface area contributed by atoms with Gasteiger partial charge in [-0.15, -0.1) is 0 Å². The molecule has 0 atom stereocenters. The second-order valence-corrected chi connectivity index (χ2v) is 7.52. The van der Waals surface area contributed by atoms with E-state index in [0.29, 0.717) is 47.6 Å². The highest BCUT2D eigenvalue weighted by Crippen LogP contribution is 2.31. The third kappa shape index (κ3) is 5.55. The molecule has 1 amide bonds. The molecule has 0 N–H and O–H groups in total. The van der Waals surface area contributed by atoms with Crippen molar-refractivity contribution in [2.24, 2.45) is 0 Å². The van der Waals surface area contributed by atoms with Crippen LogP contribution in [0.3, 0.4) is 0 Å². The molecule has 1 aromatic heterocycles. The average molecular weight is 451 g/mol. The van der Waals surface area contributed by atoms with Gasteiger partial charge in [-0.25, -0.2) is 9.37 Å². The van der Waals surface area contributed by atoms with Crippen molar-refractivity contribution in [3.63, 3.8) is 0 Å². The number of hydrogen-bond acceptors (Lipinski definition) is 5. The smallest absolute Gasteiger partial charge is 0.226 e. The fourth-order valence-electron chi connectivity index (χ4n) is 3.50. The monoisotopic (exact) mass is 450 g/mol. The van der Waals surface area contributed by atoms with Crippen LogP contribution in [0.4, 0.5) is 10.1 Å². The van der Waals surface area contributed by atoms with E-state index >= 15 is 0 Å². The van der Waals surface area contributed by atoms with Gasteiger partial charge in [-0.2, -0.15) is 0 Å². The van der Waals surface area contributed by atoms with Gasteiger partial charge in [-0.3, -0.25) is 9.59 Å². The van der Waals surface area contributed by atoms with Crippen molar-refractivity contribution >= 4 is 17.4 Å². The maximum absolute atomic E-state index is 14.7. The van der Waals surface area contributed by atoms with Gasteiger partial charge in [0, 0.05) is 32.2 Å². The lowest BCUT2D eigenvalue weighted by atomic mass is 9.98. The van der Waals surface area contributed by atoms with Crippen LogP contribution in [0.1, 0.15) is 35.7 Å². The molecule has 0 aliphatic heterocycles. The lowest BCUT2D eigenvalue weighted by Gasteiger charge is -2.18. The van der Waals surface area contributed by atoms with Gasteiger partial charge in [-0.1, -0.05) is 25.1 Å². The van der Waals surface area contributed by atoms with Crippen molar-refractivity contribution in [1.29, 1.82) is 0 Å². The Morgan fingerprint density at radius 3 is 2.33 bits per heavy atom. The molecule has 0 saturated carbocycles. The summed E-state index contributed by atoms with van der Waals surface area (Å²) < 4.78 is 25.2. The van der Waals surface area contributed by atoms with Crippen LogP contribution >= 0.6 is 0 Å². The summed E-state index contributed by atoms with van der Waals surface area (Å²) in [6.07, 6.45) is 2.82. The Bertz CT molecular complexity index is 1150. The second-order valence-electron chi connectivity index (χ2n) is 7.52. The molecule has 0 aliphatic carbocycles. The normalized spacial score (nSPS) is 10.6. The molecular formula is C26H27FN2O4. The van der Waals surface area contributed by atoms with Gasteiger partial charge in [0.2, 0.25) is 11.8 Å². The van der Waals surface area contributed by atoms with Crippen LogP contribution in [-0.2, 0) is 11.2 Å². The van der Waals surface area contributed by atoms with Crippen LogP contribution in [0.2, 0.25) is 0 Å². The fraction of sp³-hybridized carbons (Fsp3) is 0.269. The molecule has 0 bridgehead atoms. The van der Waals surface area contributed by atoms with Crippen LogP contribution in [0.5, 0.6) is 11.6 Å². The van der Waals surface area contributed by atoms with Gasteiger partial charge in [0.1, 0.15) is 11.6 Å². The number of Topliss-reactive ketones (excluding diaryl/α,β-unsaturated/α-hetero) is 1. The molecule has 0 fully saturated rings. The molecule has 0 spiro atoms. The number of ketones is 1. The van der Waals surface area contributed by atoms with Gasteiger partial charge in [0.15, 0.2) is 5.78 Å². The van der Waals surface area contributed by atoms with E-state index < -0.39 is 5.82 Å². The summed E-state index contributed by atoms with van der Waals surface area (Å²) in [7, 11) is 4.60. The number of amides is 1.